The fourth-order valence-corrected chi connectivity index (χ4v) is 3.61. The molecule has 1 aliphatic carbocycles. The van der Waals surface area contributed by atoms with Crippen LogP contribution in [0.5, 0.6) is 0 Å². The molecule has 1 fully saturated rings. The van der Waals surface area contributed by atoms with Gasteiger partial charge in [-0.05, 0) is 67.8 Å². The Balaban J connectivity index is 0.00000280. The minimum Gasteiger partial charge on any atom is -0.450 e. The normalized spacial score (nSPS) is 17.8. The Bertz CT molecular complexity index is 824. The van der Waals surface area contributed by atoms with Gasteiger partial charge >= 0.3 is 6.09 Å². The first kappa shape index (κ1) is 21.8. The fourth-order valence-electron chi connectivity index (χ4n) is 3.61. The summed E-state index contributed by atoms with van der Waals surface area (Å²) in [6.07, 6.45) is 4.74. The summed E-state index contributed by atoms with van der Waals surface area (Å²) in [6.45, 7) is 12.3. The summed E-state index contributed by atoms with van der Waals surface area (Å²) in [4.78, 5) is 20.6. The van der Waals surface area contributed by atoms with Crippen LogP contribution < -0.4 is 5.32 Å². The molecule has 1 aliphatic rings. The molecule has 1 saturated carbocycles. The molecule has 1 aromatic heterocycles. The maximum atomic E-state index is 11.4. The lowest BCUT2D eigenvalue weighted by molar-refractivity contribution is 0.146. The molecule has 6 nitrogen and oxygen atoms in total. The molecule has 0 bridgehead atoms. The number of H-pyrrole nitrogens is 1. The summed E-state index contributed by atoms with van der Waals surface area (Å²) in [5, 5.41) is 3.98. The maximum absolute atomic E-state index is 11.4. The Kier molecular flexibility index (Phi) is 7.89. The van der Waals surface area contributed by atoms with E-state index in [9.17, 15) is 4.79 Å². The third-order valence-electron chi connectivity index (χ3n) is 5.12. The van der Waals surface area contributed by atoms with Gasteiger partial charge in [0.05, 0.1) is 13.2 Å². The molecular formula is C22H32N4O2. The lowest BCUT2D eigenvalue weighted by atomic mass is 10.1. The maximum Gasteiger partial charge on any atom is 0.407 e. The number of nitrogens with zero attached hydrogens (tertiary/aromatic N) is 2. The summed E-state index contributed by atoms with van der Waals surface area (Å²) >= 11 is 0. The number of benzene rings is 1. The van der Waals surface area contributed by atoms with Gasteiger partial charge in [-0.3, -0.25) is 0 Å². The van der Waals surface area contributed by atoms with Crippen LogP contribution >= 0.6 is 0 Å². The molecule has 1 aromatic carbocycles. The lowest BCUT2D eigenvalue weighted by Crippen LogP contribution is -2.29. The third-order valence-corrected chi connectivity index (χ3v) is 5.12. The molecule has 28 heavy (non-hydrogen) atoms. The van der Waals surface area contributed by atoms with Crippen molar-refractivity contribution in [1.82, 2.24) is 15.2 Å². The molecule has 0 spiro atoms. The van der Waals surface area contributed by atoms with E-state index in [-0.39, 0.29) is 13.5 Å². The minimum absolute atomic E-state index is 0. The van der Waals surface area contributed by atoms with Crippen molar-refractivity contribution in [3.05, 3.63) is 41.4 Å². The van der Waals surface area contributed by atoms with Gasteiger partial charge in [0.15, 0.2) is 5.69 Å². The average molecular weight is 385 g/mol. The molecule has 152 valence electrons. The largest absolute Gasteiger partial charge is 0.450 e. The van der Waals surface area contributed by atoms with E-state index < -0.39 is 0 Å². The Labute approximate surface area is 168 Å². The van der Waals surface area contributed by atoms with Crippen LogP contribution in [0.25, 0.3) is 15.7 Å². The third kappa shape index (κ3) is 5.49. The van der Waals surface area contributed by atoms with E-state index in [1.807, 2.05) is 25.1 Å². The Morgan fingerprint density at radius 3 is 3.04 bits per heavy atom. The number of nitrogens with one attached hydrogen (secondary N) is 2. The van der Waals surface area contributed by atoms with Gasteiger partial charge in [-0.2, -0.15) is 0 Å². The second kappa shape index (κ2) is 10.1. The zero-order chi connectivity index (χ0) is 19.2. The quantitative estimate of drug-likeness (QED) is 0.477. The van der Waals surface area contributed by atoms with E-state index in [2.05, 4.69) is 33.3 Å². The highest BCUT2D eigenvalue weighted by molar-refractivity contribution is 5.87. The van der Waals surface area contributed by atoms with Crippen LogP contribution in [0.15, 0.2) is 24.4 Å². The van der Waals surface area contributed by atoms with Crippen LogP contribution in [-0.4, -0.2) is 49.3 Å². The van der Waals surface area contributed by atoms with Crippen LogP contribution in [0.1, 0.15) is 45.1 Å². The van der Waals surface area contributed by atoms with Crippen molar-refractivity contribution in [2.24, 2.45) is 5.92 Å². The fraction of sp³-hybridized carbons (Fsp3) is 0.545. The number of aromatic nitrogens is 1. The SMILES string of the molecule is C.[C-]#[N+]c1ccc2[nH]cc(C3CC3CN(C)CCCNC(=O)OCCC)c2c1. The molecule has 2 aromatic rings. The number of fused-ring (bicyclic) bond motifs is 1. The summed E-state index contributed by atoms with van der Waals surface area (Å²) in [6, 6.07) is 5.85. The second-order valence-electron chi connectivity index (χ2n) is 7.37. The van der Waals surface area contributed by atoms with Crippen molar-refractivity contribution in [1.29, 1.82) is 0 Å². The lowest BCUT2D eigenvalue weighted by Gasteiger charge is -2.16. The number of carbonyl (C=O) groups is 1. The van der Waals surface area contributed by atoms with E-state index >= 15 is 0 Å². The van der Waals surface area contributed by atoms with Crippen LogP contribution in [-0.2, 0) is 4.74 Å². The van der Waals surface area contributed by atoms with Crippen molar-refractivity contribution >= 4 is 22.7 Å². The molecule has 2 atom stereocenters. The van der Waals surface area contributed by atoms with E-state index in [4.69, 9.17) is 11.3 Å². The van der Waals surface area contributed by atoms with E-state index in [1.165, 1.54) is 17.4 Å². The number of carbonyl (C=O) groups excluding carboxylic acids is 1. The minimum atomic E-state index is -0.320. The molecule has 0 saturated heterocycles. The van der Waals surface area contributed by atoms with Gasteiger partial charge in [0, 0.05) is 24.8 Å². The number of amides is 1. The highest BCUT2D eigenvalue weighted by atomic mass is 16.5. The molecule has 0 radical (unpaired) electrons. The van der Waals surface area contributed by atoms with Crippen LogP contribution in [0.3, 0.4) is 0 Å². The van der Waals surface area contributed by atoms with Crippen molar-refractivity contribution in [2.75, 3.05) is 33.3 Å². The molecule has 1 heterocycles. The summed E-state index contributed by atoms with van der Waals surface area (Å²) < 4.78 is 4.99. The van der Waals surface area contributed by atoms with Crippen molar-refractivity contribution in [3.63, 3.8) is 0 Å². The molecule has 3 rings (SSSR count). The molecule has 2 N–H and O–H groups in total. The summed E-state index contributed by atoms with van der Waals surface area (Å²) in [7, 11) is 2.14. The van der Waals surface area contributed by atoms with Crippen LogP contribution in [0.2, 0.25) is 0 Å². The molecular weight excluding hydrogens is 352 g/mol. The average Bonchev–Trinajstić information content (AvgIpc) is 3.29. The van der Waals surface area contributed by atoms with Gasteiger partial charge < -0.3 is 19.9 Å². The molecule has 1 amide bonds. The highest BCUT2D eigenvalue weighted by Gasteiger charge is 2.39. The predicted molar refractivity (Wildman–Crippen MR) is 114 cm³/mol. The van der Waals surface area contributed by atoms with Gasteiger partial charge in [-0.1, -0.05) is 20.4 Å². The van der Waals surface area contributed by atoms with E-state index in [1.54, 1.807) is 0 Å². The van der Waals surface area contributed by atoms with Gasteiger partial charge in [0.25, 0.3) is 0 Å². The standard InChI is InChI=1S/C21H28N4O2.CH4/c1-4-10-27-21(26)23-8-5-9-25(3)14-15-11-17(15)19-13-24-20-7-6-16(22-2)12-18(19)20;/h6-7,12-13,15,17,24H,4-5,8-11,14H2,1,3H3,(H,23,26);1H4. The monoisotopic (exact) mass is 384 g/mol. The van der Waals surface area contributed by atoms with Crippen LogP contribution in [0.4, 0.5) is 10.5 Å². The number of alkyl carbamates (subject to hydrolysis) is 1. The number of aromatic amines is 1. The predicted octanol–water partition coefficient (Wildman–Crippen LogP) is 4.92. The van der Waals surface area contributed by atoms with Gasteiger partial charge in [-0.15, -0.1) is 0 Å². The second-order valence-corrected chi connectivity index (χ2v) is 7.37. The first-order valence-corrected chi connectivity index (χ1v) is 9.70. The van der Waals surface area contributed by atoms with Gasteiger partial charge in [0.1, 0.15) is 0 Å². The zero-order valence-corrected chi connectivity index (χ0v) is 16.1. The van der Waals surface area contributed by atoms with E-state index in [0.29, 0.717) is 30.7 Å². The smallest absolute Gasteiger partial charge is 0.407 e. The highest BCUT2D eigenvalue weighted by Crippen LogP contribution is 2.50. The Hall–Kier alpha value is -2.52. The van der Waals surface area contributed by atoms with Crippen molar-refractivity contribution in [3.8, 4) is 0 Å². The van der Waals surface area contributed by atoms with E-state index in [0.717, 1.165) is 31.4 Å². The van der Waals surface area contributed by atoms with Crippen molar-refractivity contribution < 1.29 is 9.53 Å². The van der Waals surface area contributed by atoms with Gasteiger partial charge in [-0.25, -0.2) is 9.64 Å². The van der Waals surface area contributed by atoms with Crippen LogP contribution in [0, 0.1) is 12.5 Å². The number of ether oxygens (including phenoxy) is 1. The Morgan fingerprint density at radius 2 is 2.29 bits per heavy atom. The number of hydrogen-bond acceptors (Lipinski definition) is 3. The molecule has 0 aliphatic heterocycles. The first-order chi connectivity index (χ1) is 13.1. The number of rotatable bonds is 9. The van der Waals surface area contributed by atoms with Crippen molar-refractivity contribution in [2.45, 2.75) is 39.5 Å². The van der Waals surface area contributed by atoms with Gasteiger partial charge in [0.2, 0.25) is 0 Å². The zero-order valence-electron chi connectivity index (χ0n) is 16.1. The Morgan fingerprint density at radius 1 is 1.46 bits per heavy atom. The topological polar surface area (TPSA) is 61.7 Å². The first-order valence-electron chi connectivity index (χ1n) is 9.70. The molecule has 6 heteroatoms. The molecule has 2 unspecified atom stereocenters. The summed E-state index contributed by atoms with van der Waals surface area (Å²) in [5.74, 6) is 1.23. The number of hydrogen-bond donors (Lipinski definition) is 2. The summed E-state index contributed by atoms with van der Waals surface area (Å²) in [5.41, 5.74) is 3.15.